The van der Waals surface area contributed by atoms with Crippen molar-refractivity contribution in [1.82, 2.24) is 5.32 Å². The third kappa shape index (κ3) is 3.05. The van der Waals surface area contributed by atoms with Crippen LogP contribution in [0, 0.1) is 0 Å². The van der Waals surface area contributed by atoms with Crippen LogP contribution in [-0.2, 0) is 4.79 Å². The topological polar surface area (TPSA) is 53.5 Å². The first-order valence-corrected chi connectivity index (χ1v) is 8.68. The molecule has 2 N–H and O–H groups in total. The SMILES string of the molecule is CC1=C2C(=O)NCC(c3ccc(Cl)cc3)CC2=Nc2ccccc2N1. The van der Waals surface area contributed by atoms with Crippen LogP contribution in [0.5, 0.6) is 0 Å². The molecular weight excluding hydrogens is 334 g/mol. The van der Waals surface area contributed by atoms with Gasteiger partial charge < -0.3 is 10.6 Å². The third-order valence-electron chi connectivity index (χ3n) is 4.66. The number of fused-ring (bicyclic) bond motifs is 2. The Hall–Kier alpha value is -2.59. The van der Waals surface area contributed by atoms with E-state index < -0.39 is 0 Å². The van der Waals surface area contributed by atoms with Crippen LogP contribution in [0.4, 0.5) is 11.4 Å². The van der Waals surface area contributed by atoms with Crippen LogP contribution in [0.1, 0.15) is 24.8 Å². The maximum atomic E-state index is 12.7. The smallest absolute Gasteiger partial charge is 0.254 e. The minimum Gasteiger partial charge on any atom is -0.357 e. The van der Waals surface area contributed by atoms with Gasteiger partial charge in [-0.05, 0) is 43.2 Å². The van der Waals surface area contributed by atoms with Crippen molar-refractivity contribution in [3.05, 3.63) is 70.4 Å². The fourth-order valence-corrected chi connectivity index (χ4v) is 3.51. The summed E-state index contributed by atoms with van der Waals surface area (Å²) < 4.78 is 0. The van der Waals surface area contributed by atoms with Crippen LogP contribution >= 0.6 is 11.6 Å². The Bertz CT molecular complexity index is 899. The summed E-state index contributed by atoms with van der Waals surface area (Å²) in [5.41, 5.74) is 5.23. The molecule has 4 rings (SSSR count). The molecule has 4 nitrogen and oxygen atoms in total. The number of hydrogen-bond donors (Lipinski definition) is 2. The van der Waals surface area contributed by atoms with Crippen molar-refractivity contribution in [3.63, 3.8) is 0 Å². The second kappa shape index (κ2) is 6.37. The normalized spacial score (nSPS) is 19.7. The Labute approximate surface area is 151 Å². The first-order valence-electron chi connectivity index (χ1n) is 8.30. The molecule has 1 unspecified atom stereocenters. The summed E-state index contributed by atoms with van der Waals surface area (Å²) in [6, 6.07) is 15.7. The third-order valence-corrected chi connectivity index (χ3v) is 4.91. The van der Waals surface area contributed by atoms with Crippen molar-refractivity contribution in [2.75, 3.05) is 11.9 Å². The number of nitrogens with one attached hydrogen (secondary N) is 2. The highest BCUT2D eigenvalue weighted by molar-refractivity contribution is 6.30. The molecule has 1 saturated heterocycles. The molecule has 25 heavy (non-hydrogen) atoms. The van der Waals surface area contributed by atoms with E-state index in [4.69, 9.17) is 16.6 Å². The van der Waals surface area contributed by atoms with E-state index in [0.717, 1.165) is 28.3 Å². The predicted octanol–water partition coefficient (Wildman–Crippen LogP) is 4.42. The standard InChI is InChI=1S/C20H18ClN3O/c1-12-19-18(24-17-5-3-2-4-16(17)23-12)10-14(11-22-20(19)25)13-6-8-15(21)9-7-13/h2-9,14,23H,10-11H2,1H3,(H,22,25). The van der Waals surface area contributed by atoms with E-state index in [1.54, 1.807) is 0 Å². The van der Waals surface area contributed by atoms with Crippen LogP contribution in [-0.4, -0.2) is 18.2 Å². The number of carbonyl (C=O) groups excluding carboxylic acids is 1. The summed E-state index contributed by atoms with van der Waals surface area (Å²) in [6.07, 6.45) is 0.697. The van der Waals surface area contributed by atoms with E-state index in [0.29, 0.717) is 23.6 Å². The van der Waals surface area contributed by atoms with Gasteiger partial charge in [0.1, 0.15) is 0 Å². The molecule has 2 aromatic rings. The zero-order chi connectivity index (χ0) is 17.4. The number of halogens is 1. The monoisotopic (exact) mass is 351 g/mol. The zero-order valence-electron chi connectivity index (χ0n) is 13.8. The van der Waals surface area contributed by atoms with Crippen LogP contribution in [0.15, 0.2) is 64.8 Å². The van der Waals surface area contributed by atoms with Gasteiger partial charge in [-0.25, -0.2) is 0 Å². The average molecular weight is 352 g/mol. The molecule has 1 fully saturated rings. The lowest BCUT2D eigenvalue weighted by Gasteiger charge is -2.14. The highest BCUT2D eigenvalue weighted by atomic mass is 35.5. The molecule has 0 bridgehead atoms. The average Bonchev–Trinajstić information content (AvgIpc) is 2.84. The molecule has 0 saturated carbocycles. The van der Waals surface area contributed by atoms with Gasteiger partial charge in [-0.15, -0.1) is 0 Å². The number of benzene rings is 2. The summed E-state index contributed by atoms with van der Waals surface area (Å²) in [7, 11) is 0. The molecule has 1 atom stereocenters. The Morgan fingerprint density at radius 1 is 1.12 bits per heavy atom. The molecule has 2 aliphatic rings. The zero-order valence-corrected chi connectivity index (χ0v) is 14.6. The van der Waals surface area contributed by atoms with Crippen LogP contribution in [0.3, 0.4) is 0 Å². The molecule has 0 radical (unpaired) electrons. The van der Waals surface area contributed by atoms with E-state index >= 15 is 0 Å². The van der Waals surface area contributed by atoms with Gasteiger partial charge in [0.2, 0.25) is 0 Å². The fourth-order valence-electron chi connectivity index (χ4n) is 3.39. The summed E-state index contributed by atoms with van der Waals surface area (Å²) in [4.78, 5) is 17.5. The summed E-state index contributed by atoms with van der Waals surface area (Å²) in [5, 5.41) is 7.08. The second-order valence-corrected chi connectivity index (χ2v) is 6.80. The van der Waals surface area contributed by atoms with E-state index in [9.17, 15) is 4.79 Å². The summed E-state index contributed by atoms with van der Waals surface area (Å²) in [6.45, 7) is 2.51. The Balaban J connectivity index is 1.79. The molecule has 2 aromatic carbocycles. The maximum absolute atomic E-state index is 12.7. The van der Waals surface area contributed by atoms with Crippen molar-refractivity contribution in [3.8, 4) is 0 Å². The molecule has 0 aromatic heterocycles. The van der Waals surface area contributed by atoms with Gasteiger partial charge >= 0.3 is 0 Å². The molecule has 0 spiro atoms. The van der Waals surface area contributed by atoms with Gasteiger partial charge in [0.25, 0.3) is 5.91 Å². The van der Waals surface area contributed by atoms with Gasteiger partial charge in [0.05, 0.1) is 22.7 Å². The van der Waals surface area contributed by atoms with Crippen molar-refractivity contribution in [2.45, 2.75) is 19.3 Å². The highest BCUT2D eigenvalue weighted by Crippen LogP contribution is 2.34. The summed E-state index contributed by atoms with van der Waals surface area (Å²) >= 11 is 6.00. The van der Waals surface area contributed by atoms with Crippen molar-refractivity contribution in [2.24, 2.45) is 4.99 Å². The number of amides is 1. The molecule has 2 aliphatic heterocycles. The lowest BCUT2D eigenvalue weighted by molar-refractivity contribution is -0.116. The fraction of sp³-hybridized carbons (Fsp3) is 0.200. The van der Waals surface area contributed by atoms with Gasteiger partial charge in [-0.1, -0.05) is 35.9 Å². The number of carbonyl (C=O) groups is 1. The molecule has 0 aliphatic carbocycles. The van der Waals surface area contributed by atoms with Crippen molar-refractivity contribution < 1.29 is 4.79 Å². The first-order chi connectivity index (χ1) is 12.1. The Kier molecular flexibility index (Phi) is 4.06. The lowest BCUT2D eigenvalue weighted by Crippen LogP contribution is -2.28. The minimum absolute atomic E-state index is 0.0759. The Morgan fingerprint density at radius 2 is 1.88 bits per heavy atom. The number of nitrogens with zero attached hydrogens (tertiary/aromatic N) is 1. The number of aliphatic imine (C=N–C) groups is 1. The van der Waals surface area contributed by atoms with Crippen LogP contribution < -0.4 is 10.6 Å². The highest BCUT2D eigenvalue weighted by Gasteiger charge is 2.29. The lowest BCUT2D eigenvalue weighted by atomic mass is 9.92. The van der Waals surface area contributed by atoms with Crippen LogP contribution in [0.25, 0.3) is 0 Å². The van der Waals surface area contributed by atoms with Crippen molar-refractivity contribution >= 4 is 34.6 Å². The number of rotatable bonds is 1. The van der Waals surface area contributed by atoms with E-state index in [-0.39, 0.29) is 11.8 Å². The molecule has 1 amide bonds. The number of hydrogen-bond acceptors (Lipinski definition) is 3. The number of anilines is 1. The van der Waals surface area contributed by atoms with E-state index in [1.165, 1.54) is 0 Å². The number of allylic oxidation sites excluding steroid dienone is 1. The molecule has 2 heterocycles. The minimum atomic E-state index is -0.0759. The van der Waals surface area contributed by atoms with Gasteiger partial charge in [-0.2, -0.15) is 0 Å². The maximum Gasteiger partial charge on any atom is 0.254 e. The van der Waals surface area contributed by atoms with Crippen molar-refractivity contribution in [1.29, 1.82) is 0 Å². The largest absolute Gasteiger partial charge is 0.357 e. The molecule has 126 valence electrons. The first kappa shape index (κ1) is 15.9. The predicted molar refractivity (Wildman–Crippen MR) is 102 cm³/mol. The Morgan fingerprint density at radius 3 is 2.68 bits per heavy atom. The van der Waals surface area contributed by atoms with E-state index in [2.05, 4.69) is 10.6 Å². The van der Waals surface area contributed by atoms with Gasteiger partial charge in [0.15, 0.2) is 0 Å². The van der Waals surface area contributed by atoms with Crippen LogP contribution in [0.2, 0.25) is 5.02 Å². The van der Waals surface area contributed by atoms with E-state index in [1.807, 2.05) is 55.5 Å². The number of para-hydroxylation sites is 2. The quantitative estimate of drug-likeness (QED) is 0.799. The second-order valence-electron chi connectivity index (χ2n) is 6.36. The molecule has 5 heteroatoms. The molecular formula is C20H18ClN3O. The van der Waals surface area contributed by atoms with Gasteiger partial charge in [0, 0.05) is 23.2 Å². The van der Waals surface area contributed by atoms with Gasteiger partial charge in [-0.3, -0.25) is 9.79 Å². The summed E-state index contributed by atoms with van der Waals surface area (Å²) in [5.74, 6) is 0.0866.